The second kappa shape index (κ2) is 5.22. The van der Waals surface area contributed by atoms with Gasteiger partial charge in [0.05, 0.1) is 17.6 Å². The molecule has 2 aromatic heterocycles. The number of pyridine rings is 1. The minimum atomic E-state index is 0.0485. The van der Waals surface area contributed by atoms with Crippen molar-refractivity contribution in [3.05, 3.63) is 30.2 Å². The molecule has 5 heteroatoms. The van der Waals surface area contributed by atoms with Gasteiger partial charge in [-0.2, -0.15) is 5.10 Å². The van der Waals surface area contributed by atoms with Gasteiger partial charge in [-0.25, -0.2) is 0 Å². The Labute approximate surface area is 111 Å². The molecule has 2 bridgehead atoms. The zero-order valence-electron chi connectivity index (χ0n) is 10.6. The predicted molar refractivity (Wildman–Crippen MR) is 72.6 cm³/mol. The standard InChI is InChI=1S/C14H16N4O/c19-13-5-3-1-2-4-10-6-11(8-15-7-10)14-12(17-13)9-16-18-14/h6-9H,1-5H2,(H,16,18)(H,17,19). The van der Waals surface area contributed by atoms with E-state index >= 15 is 0 Å². The molecule has 0 atom stereocenters. The lowest BCUT2D eigenvalue weighted by Crippen LogP contribution is -2.11. The van der Waals surface area contributed by atoms with Crippen LogP contribution in [0.2, 0.25) is 0 Å². The third-order valence-electron chi connectivity index (χ3n) is 3.37. The summed E-state index contributed by atoms with van der Waals surface area (Å²) in [7, 11) is 0. The summed E-state index contributed by atoms with van der Waals surface area (Å²) in [5, 5.41) is 9.86. The van der Waals surface area contributed by atoms with Gasteiger partial charge in [0.1, 0.15) is 0 Å². The van der Waals surface area contributed by atoms with Gasteiger partial charge < -0.3 is 5.32 Å². The van der Waals surface area contributed by atoms with Gasteiger partial charge in [-0.1, -0.05) is 6.42 Å². The van der Waals surface area contributed by atoms with Gasteiger partial charge >= 0.3 is 0 Å². The summed E-state index contributed by atoms with van der Waals surface area (Å²) < 4.78 is 0. The molecular weight excluding hydrogens is 240 g/mol. The molecule has 0 aliphatic carbocycles. The number of hydrogen-bond donors (Lipinski definition) is 2. The number of aryl methyl sites for hydroxylation is 1. The minimum absolute atomic E-state index is 0.0485. The number of nitrogens with zero attached hydrogens (tertiary/aromatic N) is 2. The van der Waals surface area contributed by atoms with Crippen molar-refractivity contribution in [1.29, 1.82) is 0 Å². The van der Waals surface area contributed by atoms with Crippen molar-refractivity contribution in [2.75, 3.05) is 5.32 Å². The normalized spacial score (nSPS) is 15.9. The van der Waals surface area contributed by atoms with Crippen molar-refractivity contribution in [2.45, 2.75) is 32.1 Å². The maximum atomic E-state index is 11.8. The lowest BCUT2D eigenvalue weighted by molar-refractivity contribution is -0.116. The molecule has 2 aromatic rings. The third-order valence-corrected chi connectivity index (χ3v) is 3.37. The Morgan fingerprint density at radius 1 is 1.05 bits per heavy atom. The Balaban J connectivity index is 2.01. The van der Waals surface area contributed by atoms with E-state index in [1.807, 2.05) is 6.20 Å². The summed E-state index contributed by atoms with van der Waals surface area (Å²) in [6, 6.07) is 2.11. The quantitative estimate of drug-likeness (QED) is 0.761. The zero-order chi connectivity index (χ0) is 13.1. The van der Waals surface area contributed by atoms with Crippen molar-refractivity contribution in [3.8, 4) is 11.3 Å². The van der Waals surface area contributed by atoms with Gasteiger partial charge in [0, 0.05) is 24.4 Å². The predicted octanol–water partition coefficient (Wildman–Crippen LogP) is 2.53. The molecule has 98 valence electrons. The minimum Gasteiger partial charge on any atom is -0.323 e. The van der Waals surface area contributed by atoms with Crippen LogP contribution in [-0.2, 0) is 11.2 Å². The summed E-state index contributed by atoms with van der Waals surface area (Å²) in [6.45, 7) is 0. The average molecular weight is 256 g/mol. The van der Waals surface area contributed by atoms with E-state index in [1.165, 1.54) is 5.56 Å². The van der Waals surface area contributed by atoms with Crippen LogP contribution in [0.5, 0.6) is 0 Å². The Morgan fingerprint density at radius 3 is 2.89 bits per heavy atom. The maximum Gasteiger partial charge on any atom is 0.224 e. The lowest BCUT2D eigenvalue weighted by atomic mass is 10.0. The second-order valence-corrected chi connectivity index (χ2v) is 4.85. The van der Waals surface area contributed by atoms with E-state index in [1.54, 1.807) is 12.4 Å². The summed E-state index contributed by atoms with van der Waals surface area (Å²) in [5.41, 5.74) is 3.74. The van der Waals surface area contributed by atoms with E-state index in [9.17, 15) is 4.79 Å². The van der Waals surface area contributed by atoms with E-state index in [0.29, 0.717) is 6.42 Å². The fraction of sp³-hybridized carbons (Fsp3) is 0.357. The molecule has 5 nitrogen and oxygen atoms in total. The van der Waals surface area contributed by atoms with Crippen molar-refractivity contribution < 1.29 is 4.79 Å². The van der Waals surface area contributed by atoms with Gasteiger partial charge in [0.15, 0.2) is 0 Å². The van der Waals surface area contributed by atoms with Crippen LogP contribution in [0.3, 0.4) is 0 Å². The highest BCUT2D eigenvalue weighted by molar-refractivity contribution is 5.94. The first-order valence-electron chi connectivity index (χ1n) is 6.60. The highest BCUT2D eigenvalue weighted by Gasteiger charge is 2.12. The Bertz CT molecular complexity index is 591. The van der Waals surface area contributed by atoms with Gasteiger partial charge in [0.2, 0.25) is 5.91 Å². The molecule has 0 unspecified atom stereocenters. The Morgan fingerprint density at radius 2 is 1.95 bits per heavy atom. The smallest absolute Gasteiger partial charge is 0.224 e. The molecule has 1 aliphatic heterocycles. The summed E-state index contributed by atoms with van der Waals surface area (Å²) in [4.78, 5) is 16.1. The van der Waals surface area contributed by atoms with Crippen LogP contribution in [0.25, 0.3) is 11.3 Å². The molecule has 2 N–H and O–H groups in total. The van der Waals surface area contributed by atoms with Crippen LogP contribution in [0.15, 0.2) is 24.7 Å². The molecule has 0 fully saturated rings. The molecule has 3 heterocycles. The highest BCUT2D eigenvalue weighted by Crippen LogP contribution is 2.26. The van der Waals surface area contributed by atoms with Crippen molar-refractivity contribution in [3.63, 3.8) is 0 Å². The lowest BCUT2D eigenvalue weighted by Gasteiger charge is -2.09. The summed E-state index contributed by atoms with van der Waals surface area (Å²) in [6.07, 6.45) is 9.99. The van der Waals surface area contributed by atoms with Gasteiger partial charge in [-0.3, -0.25) is 14.9 Å². The van der Waals surface area contributed by atoms with Gasteiger partial charge in [0.25, 0.3) is 0 Å². The first-order valence-corrected chi connectivity index (χ1v) is 6.60. The van der Waals surface area contributed by atoms with E-state index in [4.69, 9.17) is 0 Å². The Kier molecular flexibility index (Phi) is 3.27. The van der Waals surface area contributed by atoms with Gasteiger partial charge in [-0.15, -0.1) is 0 Å². The number of H-pyrrole nitrogens is 1. The Hall–Kier alpha value is -2.17. The van der Waals surface area contributed by atoms with E-state index < -0.39 is 0 Å². The fourth-order valence-corrected chi connectivity index (χ4v) is 2.37. The van der Waals surface area contributed by atoms with Crippen LogP contribution in [-0.4, -0.2) is 21.1 Å². The second-order valence-electron chi connectivity index (χ2n) is 4.85. The largest absolute Gasteiger partial charge is 0.323 e. The van der Waals surface area contributed by atoms with Crippen molar-refractivity contribution in [1.82, 2.24) is 15.2 Å². The number of anilines is 1. The number of carbonyl (C=O) groups excluding carboxylic acids is 1. The summed E-state index contributed by atoms with van der Waals surface area (Å²) >= 11 is 0. The molecule has 0 saturated carbocycles. The number of aromatic amines is 1. The third kappa shape index (κ3) is 2.65. The van der Waals surface area contributed by atoms with E-state index in [2.05, 4.69) is 26.6 Å². The number of hydrogen-bond acceptors (Lipinski definition) is 3. The molecule has 1 amide bonds. The van der Waals surface area contributed by atoms with Crippen LogP contribution < -0.4 is 5.32 Å². The number of carbonyl (C=O) groups is 1. The number of rotatable bonds is 0. The van der Waals surface area contributed by atoms with Crippen LogP contribution >= 0.6 is 0 Å². The first-order chi connectivity index (χ1) is 9.33. The zero-order valence-corrected chi connectivity index (χ0v) is 10.6. The molecule has 3 rings (SSSR count). The molecule has 0 saturated heterocycles. The molecule has 19 heavy (non-hydrogen) atoms. The van der Waals surface area contributed by atoms with Crippen LogP contribution in [0.4, 0.5) is 5.69 Å². The van der Waals surface area contributed by atoms with Gasteiger partial charge in [-0.05, 0) is 30.9 Å². The van der Waals surface area contributed by atoms with Crippen molar-refractivity contribution in [2.24, 2.45) is 0 Å². The SMILES string of the molecule is O=C1CCCCCc2cncc(c2)-c2[nH]ncc2N1. The molecular formula is C14H16N4O. The molecule has 0 radical (unpaired) electrons. The molecule has 0 aromatic carbocycles. The number of amides is 1. The number of aromatic nitrogens is 3. The monoisotopic (exact) mass is 256 g/mol. The molecule has 1 aliphatic rings. The first kappa shape index (κ1) is 11.9. The summed E-state index contributed by atoms with van der Waals surface area (Å²) in [5.74, 6) is 0.0485. The maximum absolute atomic E-state index is 11.8. The van der Waals surface area contributed by atoms with Crippen LogP contribution in [0.1, 0.15) is 31.2 Å². The average Bonchev–Trinajstić information content (AvgIpc) is 2.86. The van der Waals surface area contributed by atoms with Crippen molar-refractivity contribution >= 4 is 11.6 Å². The van der Waals surface area contributed by atoms with Crippen LogP contribution in [0, 0.1) is 0 Å². The fourth-order valence-electron chi connectivity index (χ4n) is 2.37. The number of nitrogens with one attached hydrogen (secondary N) is 2. The highest BCUT2D eigenvalue weighted by atomic mass is 16.1. The molecule has 0 spiro atoms. The van der Waals surface area contributed by atoms with E-state index in [-0.39, 0.29) is 5.91 Å². The number of fused-ring (bicyclic) bond motifs is 4. The van der Waals surface area contributed by atoms with E-state index in [0.717, 1.165) is 42.6 Å². The topological polar surface area (TPSA) is 70.7 Å².